The van der Waals surface area contributed by atoms with E-state index in [0.29, 0.717) is 5.69 Å². The monoisotopic (exact) mass is 434 g/mol. The Kier molecular flexibility index (Phi) is 6.49. The molecule has 0 unspecified atom stereocenters. The molecule has 5 nitrogen and oxygen atoms in total. The fourth-order valence-corrected chi connectivity index (χ4v) is 5.28. The topological polar surface area (TPSA) is 75.3 Å². The minimum atomic E-state index is -3.55. The summed E-state index contributed by atoms with van der Waals surface area (Å²) in [5.74, 6) is -0.274. The third-order valence-corrected chi connectivity index (χ3v) is 7.13. The van der Waals surface area contributed by atoms with Gasteiger partial charge in [0, 0.05) is 17.8 Å². The number of hydrogen-bond donors (Lipinski definition) is 2. The Labute approximate surface area is 183 Å². The first-order valence-corrected chi connectivity index (χ1v) is 12.1. The van der Waals surface area contributed by atoms with Gasteiger partial charge in [0.05, 0.1) is 4.90 Å². The first kappa shape index (κ1) is 21.3. The van der Waals surface area contributed by atoms with Crippen molar-refractivity contribution in [3.63, 3.8) is 0 Å². The summed E-state index contributed by atoms with van der Waals surface area (Å²) in [7, 11) is -3.55. The van der Waals surface area contributed by atoms with Crippen molar-refractivity contribution in [3.05, 3.63) is 78.4 Å². The van der Waals surface area contributed by atoms with Gasteiger partial charge in [-0.25, -0.2) is 13.1 Å². The lowest BCUT2D eigenvalue weighted by Crippen LogP contribution is -2.36. The molecule has 0 heterocycles. The Balaban J connectivity index is 1.40. The maximum Gasteiger partial charge on any atom is 0.248 e. The number of fused-ring (bicyclic) bond motifs is 1. The molecule has 0 radical (unpaired) electrons. The van der Waals surface area contributed by atoms with Crippen molar-refractivity contribution < 1.29 is 13.2 Å². The Morgan fingerprint density at radius 2 is 1.58 bits per heavy atom. The summed E-state index contributed by atoms with van der Waals surface area (Å²) in [4.78, 5) is 12.5. The summed E-state index contributed by atoms with van der Waals surface area (Å²) >= 11 is 0. The maximum absolute atomic E-state index is 12.6. The lowest BCUT2D eigenvalue weighted by atomic mass is 9.96. The van der Waals surface area contributed by atoms with E-state index in [9.17, 15) is 13.2 Å². The third kappa shape index (κ3) is 5.40. The first-order valence-electron chi connectivity index (χ1n) is 10.6. The van der Waals surface area contributed by atoms with E-state index in [4.69, 9.17) is 0 Å². The Bertz CT molecular complexity index is 1190. The average Bonchev–Trinajstić information content (AvgIpc) is 2.78. The minimum absolute atomic E-state index is 0.0114. The van der Waals surface area contributed by atoms with Gasteiger partial charge in [0.1, 0.15) is 0 Å². The van der Waals surface area contributed by atoms with Crippen LogP contribution in [0.1, 0.15) is 37.7 Å². The molecule has 160 valence electrons. The van der Waals surface area contributed by atoms with Crippen LogP contribution in [0.5, 0.6) is 0 Å². The van der Waals surface area contributed by atoms with E-state index < -0.39 is 10.0 Å². The van der Waals surface area contributed by atoms with E-state index in [1.807, 2.05) is 42.5 Å². The summed E-state index contributed by atoms with van der Waals surface area (Å²) in [6.07, 6.45) is 8.32. The normalized spacial score (nSPS) is 15.4. The van der Waals surface area contributed by atoms with Gasteiger partial charge in [-0.05, 0) is 59.5 Å². The van der Waals surface area contributed by atoms with Gasteiger partial charge in [0.25, 0.3) is 0 Å². The van der Waals surface area contributed by atoms with E-state index in [1.165, 1.54) is 24.6 Å². The lowest BCUT2D eigenvalue weighted by molar-refractivity contribution is -0.111. The van der Waals surface area contributed by atoms with Crippen LogP contribution in [0.2, 0.25) is 0 Å². The van der Waals surface area contributed by atoms with Crippen LogP contribution in [0, 0.1) is 0 Å². The summed E-state index contributed by atoms with van der Waals surface area (Å²) in [5.41, 5.74) is 1.51. The van der Waals surface area contributed by atoms with Crippen molar-refractivity contribution in [1.82, 2.24) is 4.72 Å². The molecular formula is C25H26N2O3S. The molecule has 0 bridgehead atoms. The molecule has 1 fully saturated rings. The number of sulfonamides is 1. The molecule has 2 N–H and O–H groups in total. The van der Waals surface area contributed by atoms with Gasteiger partial charge < -0.3 is 5.32 Å². The molecule has 31 heavy (non-hydrogen) atoms. The molecule has 3 aromatic rings. The van der Waals surface area contributed by atoms with Crippen molar-refractivity contribution in [2.45, 2.75) is 43.0 Å². The fourth-order valence-electron chi connectivity index (χ4n) is 3.97. The van der Waals surface area contributed by atoms with Gasteiger partial charge >= 0.3 is 0 Å². The molecule has 0 saturated heterocycles. The summed E-state index contributed by atoms with van der Waals surface area (Å²) < 4.78 is 28.0. The smallest absolute Gasteiger partial charge is 0.248 e. The van der Waals surface area contributed by atoms with Crippen molar-refractivity contribution >= 4 is 38.5 Å². The van der Waals surface area contributed by atoms with Gasteiger partial charge in [-0.2, -0.15) is 0 Å². The number of benzene rings is 3. The molecule has 1 aliphatic carbocycles. The van der Waals surface area contributed by atoms with E-state index in [-0.39, 0.29) is 16.8 Å². The number of anilines is 1. The van der Waals surface area contributed by atoms with Crippen molar-refractivity contribution in [2.75, 3.05) is 5.32 Å². The van der Waals surface area contributed by atoms with Gasteiger partial charge in [0.2, 0.25) is 15.9 Å². The predicted octanol–water partition coefficient (Wildman–Crippen LogP) is 5.10. The van der Waals surface area contributed by atoms with Crippen LogP contribution >= 0.6 is 0 Å². The minimum Gasteiger partial charge on any atom is -0.323 e. The fraction of sp³-hybridized carbons (Fsp3) is 0.240. The number of carbonyl (C=O) groups excluding carboxylic acids is 1. The first-order chi connectivity index (χ1) is 15.0. The van der Waals surface area contributed by atoms with Gasteiger partial charge in [0.15, 0.2) is 0 Å². The predicted molar refractivity (Wildman–Crippen MR) is 125 cm³/mol. The van der Waals surface area contributed by atoms with Crippen LogP contribution in [0.3, 0.4) is 0 Å². The summed E-state index contributed by atoms with van der Waals surface area (Å²) in [6, 6.07) is 20.2. The highest BCUT2D eigenvalue weighted by Gasteiger charge is 2.21. The zero-order valence-corrected chi connectivity index (χ0v) is 18.1. The lowest BCUT2D eigenvalue weighted by Gasteiger charge is -2.22. The van der Waals surface area contributed by atoms with E-state index in [0.717, 1.165) is 42.0 Å². The van der Waals surface area contributed by atoms with Crippen LogP contribution < -0.4 is 10.0 Å². The SMILES string of the molecule is O=C(C=Cc1cccc2ccccc12)Nc1ccc(S(=O)(=O)NC2CCCCC2)cc1. The van der Waals surface area contributed by atoms with Crippen LogP contribution in [-0.4, -0.2) is 20.4 Å². The quantitative estimate of drug-likeness (QED) is 0.530. The molecule has 0 spiro atoms. The van der Waals surface area contributed by atoms with Crippen molar-refractivity contribution in [1.29, 1.82) is 0 Å². The van der Waals surface area contributed by atoms with Gasteiger partial charge in [-0.1, -0.05) is 61.7 Å². The van der Waals surface area contributed by atoms with E-state index in [2.05, 4.69) is 10.0 Å². The van der Waals surface area contributed by atoms with Gasteiger partial charge in [-0.15, -0.1) is 0 Å². The number of amides is 1. The second-order valence-corrected chi connectivity index (χ2v) is 9.59. The Morgan fingerprint density at radius 3 is 2.35 bits per heavy atom. The molecule has 0 atom stereocenters. The molecule has 0 aromatic heterocycles. The van der Waals surface area contributed by atoms with Crippen molar-refractivity contribution in [3.8, 4) is 0 Å². The Hall–Kier alpha value is -2.96. The Morgan fingerprint density at radius 1 is 0.871 bits per heavy atom. The average molecular weight is 435 g/mol. The highest BCUT2D eigenvalue weighted by molar-refractivity contribution is 7.89. The second kappa shape index (κ2) is 9.45. The largest absolute Gasteiger partial charge is 0.323 e. The van der Waals surface area contributed by atoms with Gasteiger partial charge in [-0.3, -0.25) is 4.79 Å². The standard InChI is InChI=1S/C25H26N2O3S/c28-25(18-13-20-9-6-8-19-7-4-5-12-24(19)20)26-21-14-16-23(17-15-21)31(29,30)27-22-10-2-1-3-11-22/h4-9,12-18,22,27H,1-3,10-11H2,(H,26,28). The number of rotatable bonds is 6. The highest BCUT2D eigenvalue weighted by Crippen LogP contribution is 2.22. The second-order valence-electron chi connectivity index (χ2n) is 7.87. The number of hydrogen-bond acceptors (Lipinski definition) is 3. The molecule has 1 aliphatic rings. The maximum atomic E-state index is 12.6. The number of carbonyl (C=O) groups is 1. The molecule has 0 aliphatic heterocycles. The summed E-state index contributed by atoms with van der Waals surface area (Å²) in [6.45, 7) is 0. The van der Waals surface area contributed by atoms with Crippen LogP contribution in [0.15, 0.2) is 77.7 Å². The molecule has 6 heteroatoms. The van der Waals surface area contributed by atoms with Crippen LogP contribution in [0.25, 0.3) is 16.8 Å². The molecule has 3 aromatic carbocycles. The molecule has 1 amide bonds. The zero-order chi connectivity index (χ0) is 21.7. The summed E-state index contributed by atoms with van der Waals surface area (Å²) in [5, 5.41) is 4.97. The van der Waals surface area contributed by atoms with E-state index >= 15 is 0 Å². The van der Waals surface area contributed by atoms with Crippen molar-refractivity contribution in [2.24, 2.45) is 0 Å². The van der Waals surface area contributed by atoms with Crippen LogP contribution in [0.4, 0.5) is 5.69 Å². The molecule has 4 rings (SSSR count). The third-order valence-electron chi connectivity index (χ3n) is 5.60. The molecule has 1 saturated carbocycles. The van der Waals surface area contributed by atoms with Crippen LogP contribution in [-0.2, 0) is 14.8 Å². The van der Waals surface area contributed by atoms with E-state index in [1.54, 1.807) is 18.2 Å². The highest BCUT2D eigenvalue weighted by atomic mass is 32.2. The molecular weight excluding hydrogens is 408 g/mol. The zero-order valence-electron chi connectivity index (χ0n) is 17.3. The number of nitrogens with one attached hydrogen (secondary N) is 2.